The number of alkyl halides is 2. The highest BCUT2D eigenvalue weighted by Gasteiger charge is 2.42. The third-order valence-electron chi connectivity index (χ3n) is 3.23. The monoisotopic (exact) mass is 331 g/mol. The van der Waals surface area contributed by atoms with Crippen LogP contribution in [0.25, 0.3) is 10.2 Å². The number of thiazole rings is 1. The summed E-state index contributed by atoms with van der Waals surface area (Å²) >= 11 is 7.32. The van der Waals surface area contributed by atoms with Crippen LogP contribution >= 0.6 is 22.9 Å². The van der Waals surface area contributed by atoms with Crippen LogP contribution in [0.1, 0.15) is 11.4 Å². The summed E-state index contributed by atoms with van der Waals surface area (Å²) in [6.07, 6.45) is -0.464. The van der Waals surface area contributed by atoms with E-state index in [2.05, 4.69) is 15.6 Å². The molecule has 1 saturated heterocycles. The van der Waals surface area contributed by atoms with Gasteiger partial charge < -0.3 is 5.32 Å². The molecular formula is C13H12ClF2N3OS. The third kappa shape index (κ3) is 3.30. The molecule has 112 valence electrons. The Morgan fingerprint density at radius 1 is 1.57 bits per heavy atom. The fourth-order valence-electron chi connectivity index (χ4n) is 2.21. The standard InChI is InChI=1S/C13H12ClF2N3OS/c14-7-1-2-10-8(3-7)19-11(21-10)5-17-12(20)9-4-13(15,16)6-18-9/h1-3,9,18H,4-6H2,(H,17,20). The number of carbonyl (C=O) groups is 1. The molecular weight excluding hydrogens is 320 g/mol. The number of rotatable bonds is 3. The van der Waals surface area contributed by atoms with Gasteiger partial charge >= 0.3 is 0 Å². The van der Waals surface area contributed by atoms with E-state index in [-0.39, 0.29) is 6.54 Å². The molecule has 0 bridgehead atoms. The van der Waals surface area contributed by atoms with Gasteiger partial charge in [-0.05, 0) is 18.2 Å². The second-order valence-corrected chi connectivity index (χ2v) is 6.48. The zero-order valence-electron chi connectivity index (χ0n) is 10.8. The lowest BCUT2D eigenvalue weighted by Gasteiger charge is -2.09. The maximum atomic E-state index is 13.0. The summed E-state index contributed by atoms with van der Waals surface area (Å²) in [5, 5.41) is 6.47. The highest BCUT2D eigenvalue weighted by Crippen LogP contribution is 2.26. The fraction of sp³-hybridized carbons (Fsp3) is 0.385. The van der Waals surface area contributed by atoms with Gasteiger partial charge in [0.25, 0.3) is 5.92 Å². The minimum atomic E-state index is -2.81. The van der Waals surface area contributed by atoms with Gasteiger partial charge in [-0.15, -0.1) is 11.3 Å². The SMILES string of the molecule is O=C(NCc1nc2cc(Cl)ccc2s1)C1CC(F)(F)CN1. The Balaban J connectivity index is 1.62. The van der Waals surface area contributed by atoms with Gasteiger partial charge in [0.05, 0.1) is 29.3 Å². The third-order valence-corrected chi connectivity index (χ3v) is 4.51. The van der Waals surface area contributed by atoms with Gasteiger partial charge in [0, 0.05) is 11.4 Å². The molecule has 4 nitrogen and oxygen atoms in total. The van der Waals surface area contributed by atoms with Crippen molar-refractivity contribution in [1.82, 2.24) is 15.6 Å². The molecule has 1 atom stereocenters. The second-order valence-electron chi connectivity index (χ2n) is 4.93. The van der Waals surface area contributed by atoms with Gasteiger partial charge in [0.2, 0.25) is 5.91 Å². The normalized spacial score (nSPS) is 20.8. The number of benzene rings is 1. The number of nitrogens with zero attached hydrogens (tertiary/aromatic N) is 1. The summed E-state index contributed by atoms with van der Waals surface area (Å²) in [6.45, 7) is -0.232. The summed E-state index contributed by atoms with van der Waals surface area (Å²) in [7, 11) is 0. The Kier molecular flexibility index (Phi) is 3.81. The van der Waals surface area contributed by atoms with Gasteiger partial charge in [0.15, 0.2) is 0 Å². The van der Waals surface area contributed by atoms with Gasteiger partial charge in [-0.3, -0.25) is 10.1 Å². The molecule has 0 spiro atoms. The molecule has 0 radical (unpaired) electrons. The van der Waals surface area contributed by atoms with Crippen molar-refractivity contribution < 1.29 is 13.6 Å². The molecule has 3 rings (SSSR count). The largest absolute Gasteiger partial charge is 0.348 e. The Labute approximate surface area is 128 Å². The lowest BCUT2D eigenvalue weighted by atomic mass is 10.2. The van der Waals surface area contributed by atoms with Gasteiger partial charge in [0.1, 0.15) is 5.01 Å². The molecule has 1 aromatic carbocycles. The molecule has 0 aliphatic carbocycles. The molecule has 1 unspecified atom stereocenters. The number of fused-ring (bicyclic) bond motifs is 1. The number of aromatic nitrogens is 1. The molecule has 1 aliphatic rings. The van der Waals surface area contributed by atoms with Crippen molar-refractivity contribution in [3.8, 4) is 0 Å². The maximum absolute atomic E-state index is 13.0. The molecule has 1 aliphatic heterocycles. The topological polar surface area (TPSA) is 54.0 Å². The predicted molar refractivity (Wildman–Crippen MR) is 77.8 cm³/mol. The van der Waals surface area contributed by atoms with Crippen molar-refractivity contribution >= 4 is 39.1 Å². The van der Waals surface area contributed by atoms with Crippen molar-refractivity contribution in [3.05, 3.63) is 28.2 Å². The van der Waals surface area contributed by atoms with Gasteiger partial charge in [-0.2, -0.15) is 0 Å². The quantitative estimate of drug-likeness (QED) is 0.909. The van der Waals surface area contributed by atoms with Crippen molar-refractivity contribution in [1.29, 1.82) is 0 Å². The van der Waals surface area contributed by atoms with E-state index < -0.39 is 30.8 Å². The summed E-state index contributed by atoms with van der Waals surface area (Å²) < 4.78 is 27.0. The van der Waals surface area contributed by atoms with Crippen LogP contribution in [0.15, 0.2) is 18.2 Å². The molecule has 1 aromatic heterocycles. The van der Waals surface area contributed by atoms with Crippen molar-refractivity contribution in [3.63, 3.8) is 0 Å². The van der Waals surface area contributed by atoms with Crippen LogP contribution in [-0.4, -0.2) is 29.4 Å². The lowest BCUT2D eigenvalue weighted by molar-refractivity contribution is -0.123. The second kappa shape index (κ2) is 5.47. The van der Waals surface area contributed by atoms with Crippen molar-refractivity contribution in [2.45, 2.75) is 24.9 Å². The van der Waals surface area contributed by atoms with Crippen LogP contribution in [0.4, 0.5) is 8.78 Å². The molecule has 0 saturated carbocycles. The number of amides is 1. The molecule has 1 amide bonds. The van der Waals surface area contributed by atoms with Crippen molar-refractivity contribution in [2.24, 2.45) is 0 Å². The van der Waals surface area contributed by atoms with E-state index in [1.165, 1.54) is 11.3 Å². The highest BCUT2D eigenvalue weighted by molar-refractivity contribution is 7.18. The summed E-state index contributed by atoms with van der Waals surface area (Å²) in [6, 6.07) is 4.54. The van der Waals surface area contributed by atoms with E-state index in [0.29, 0.717) is 10.0 Å². The number of halogens is 3. The Hall–Kier alpha value is -1.31. The first-order chi connectivity index (χ1) is 9.93. The Bertz CT molecular complexity index is 691. The van der Waals surface area contributed by atoms with E-state index in [0.717, 1.165) is 10.2 Å². The van der Waals surface area contributed by atoms with Crippen LogP contribution < -0.4 is 10.6 Å². The molecule has 2 aromatic rings. The first kappa shape index (κ1) is 14.6. The number of nitrogens with one attached hydrogen (secondary N) is 2. The molecule has 1 fully saturated rings. The average molecular weight is 332 g/mol. The fourth-order valence-corrected chi connectivity index (χ4v) is 3.26. The summed E-state index contributed by atoms with van der Waals surface area (Å²) in [5.74, 6) is -3.24. The van der Waals surface area contributed by atoms with Crippen LogP contribution in [0.2, 0.25) is 5.02 Å². The van der Waals surface area contributed by atoms with Gasteiger partial charge in [-0.1, -0.05) is 11.6 Å². The summed E-state index contributed by atoms with van der Waals surface area (Å²) in [5.41, 5.74) is 0.766. The van der Waals surface area contributed by atoms with Gasteiger partial charge in [-0.25, -0.2) is 13.8 Å². The number of hydrogen-bond acceptors (Lipinski definition) is 4. The Morgan fingerprint density at radius 2 is 2.38 bits per heavy atom. The Morgan fingerprint density at radius 3 is 3.10 bits per heavy atom. The number of carbonyl (C=O) groups excluding carboxylic acids is 1. The zero-order valence-corrected chi connectivity index (χ0v) is 12.4. The van der Waals surface area contributed by atoms with E-state index in [1.807, 2.05) is 6.07 Å². The highest BCUT2D eigenvalue weighted by atomic mass is 35.5. The molecule has 2 heterocycles. The molecule has 2 N–H and O–H groups in total. The number of hydrogen-bond donors (Lipinski definition) is 2. The predicted octanol–water partition coefficient (Wildman–Crippen LogP) is 2.56. The lowest BCUT2D eigenvalue weighted by Crippen LogP contribution is -2.39. The first-order valence-corrected chi connectivity index (χ1v) is 7.56. The van der Waals surface area contributed by atoms with E-state index in [1.54, 1.807) is 12.1 Å². The van der Waals surface area contributed by atoms with Crippen molar-refractivity contribution in [2.75, 3.05) is 6.54 Å². The average Bonchev–Trinajstić information content (AvgIpc) is 2.98. The van der Waals surface area contributed by atoms with E-state index in [9.17, 15) is 13.6 Å². The maximum Gasteiger partial charge on any atom is 0.262 e. The van der Waals surface area contributed by atoms with Crippen LogP contribution in [0.3, 0.4) is 0 Å². The van der Waals surface area contributed by atoms with Crippen LogP contribution in [0, 0.1) is 0 Å². The first-order valence-electron chi connectivity index (χ1n) is 6.37. The van der Waals surface area contributed by atoms with Crippen LogP contribution in [-0.2, 0) is 11.3 Å². The zero-order chi connectivity index (χ0) is 15.0. The van der Waals surface area contributed by atoms with Crippen LogP contribution in [0.5, 0.6) is 0 Å². The minimum Gasteiger partial charge on any atom is -0.348 e. The molecule has 8 heteroatoms. The smallest absolute Gasteiger partial charge is 0.262 e. The molecule has 21 heavy (non-hydrogen) atoms. The minimum absolute atomic E-state index is 0.222. The van der Waals surface area contributed by atoms with E-state index >= 15 is 0 Å². The summed E-state index contributed by atoms with van der Waals surface area (Å²) in [4.78, 5) is 16.2. The van der Waals surface area contributed by atoms with E-state index in [4.69, 9.17) is 11.6 Å².